The summed E-state index contributed by atoms with van der Waals surface area (Å²) in [5.74, 6) is 0. The second-order valence-corrected chi connectivity index (χ2v) is 11.9. The van der Waals surface area contributed by atoms with Crippen LogP contribution in [0.3, 0.4) is 0 Å². The van der Waals surface area contributed by atoms with Gasteiger partial charge in [0.15, 0.2) is 0 Å². The molecule has 146 valence electrons. The number of halogens is 2. The van der Waals surface area contributed by atoms with E-state index in [2.05, 4.69) is 96.1 Å². The Bertz CT molecular complexity index is 690. The van der Waals surface area contributed by atoms with Gasteiger partial charge in [0.2, 0.25) is 0 Å². The van der Waals surface area contributed by atoms with Gasteiger partial charge >= 0.3 is 71.2 Å². The van der Waals surface area contributed by atoms with Crippen molar-refractivity contribution in [2.45, 2.75) is 47.6 Å². The Kier molecular flexibility index (Phi) is 16.5. The molecule has 0 aliphatic heterocycles. The van der Waals surface area contributed by atoms with Crippen LogP contribution in [0.2, 0.25) is 0 Å². The fraction of sp³-hybridized carbons (Fsp3) is 0.304. The average molecular weight is 584 g/mol. The van der Waals surface area contributed by atoms with Crippen molar-refractivity contribution in [3.05, 3.63) is 93.5 Å². The van der Waals surface area contributed by atoms with E-state index in [1.807, 2.05) is 0 Å². The molecular weight excluding hydrogens is 554 g/mol. The van der Waals surface area contributed by atoms with E-state index in [1.54, 1.807) is 0 Å². The number of benzene rings is 1. The first-order valence-electron chi connectivity index (χ1n) is 8.77. The molecule has 27 heavy (non-hydrogen) atoms. The van der Waals surface area contributed by atoms with Crippen LogP contribution in [-0.4, -0.2) is 6.22 Å². The van der Waals surface area contributed by atoms with Gasteiger partial charge in [0.05, 0.1) is 0 Å². The maximum absolute atomic E-state index is 2.21. The van der Waals surface area contributed by atoms with Crippen LogP contribution < -0.4 is 24.8 Å². The van der Waals surface area contributed by atoms with Crippen molar-refractivity contribution in [3.63, 3.8) is 0 Å². The molecule has 0 saturated carbocycles. The van der Waals surface area contributed by atoms with Crippen molar-refractivity contribution in [1.29, 1.82) is 0 Å². The van der Waals surface area contributed by atoms with Crippen LogP contribution in [0.4, 0.5) is 0 Å². The van der Waals surface area contributed by atoms with E-state index >= 15 is 0 Å². The van der Waals surface area contributed by atoms with Crippen molar-refractivity contribution in [3.8, 4) is 0 Å². The molecule has 0 spiro atoms. The Labute approximate surface area is 194 Å². The van der Waals surface area contributed by atoms with Crippen molar-refractivity contribution < 1.29 is 47.8 Å². The molecule has 0 aromatic heterocycles. The third-order valence-corrected chi connectivity index (χ3v) is 7.08. The van der Waals surface area contributed by atoms with Gasteiger partial charge in [-0.05, 0) is 0 Å². The van der Waals surface area contributed by atoms with E-state index in [-0.39, 0.29) is 24.8 Å². The molecule has 0 heterocycles. The predicted octanol–water partition coefficient (Wildman–Crippen LogP) is -0.246. The molecule has 0 aliphatic carbocycles. The summed E-state index contributed by atoms with van der Waals surface area (Å²) in [5, 5.41) is 0. The van der Waals surface area contributed by atoms with Gasteiger partial charge in [-0.25, -0.2) is 12.1 Å². The molecule has 0 nitrogen and oxygen atoms in total. The predicted molar refractivity (Wildman–Crippen MR) is 110 cm³/mol. The molecule has 0 saturated heterocycles. The van der Waals surface area contributed by atoms with Crippen molar-refractivity contribution in [2.24, 2.45) is 0 Å². The Balaban J connectivity index is 0. The Morgan fingerprint density at radius 2 is 1.15 bits per heavy atom. The average Bonchev–Trinajstić information content (AvgIpc) is 3.01. The van der Waals surface area contributed by atoms with Crippen LogP contribution in [0, 0.1) is 41.5 Å². The number of aryl methyl sites for hydroxylation is 6. The normalized spacial score (nSPS) is 8.89. The third-order valence-electron chi connectivity index (χ3n) is 4.20. The first-order valence-corrected chi connectivity index (χ1v) is 16.4. The van der Waals surface area contributed by atoms with Gasteiger partial charge in [0, 0.05) is 0 Å². The van der Waals surface area contributed by atoms with Crippen LogP contribution in [0.1, 0.15) is 38.9 Å². The molecule has 3 aromatic carbocycles. The number of hydrogen-bond acceptors (Lipinski definition) is 0. The fourth-order valence-electron chi connectivity index (χ4n) is 2.64. The van der Waals surface area contributed by atoms with E-state index in [0.29, 0.717) is 0 Å². The minimum atomic E-state index is 0. The molecular formula is C23H30Cl2HfSi-2. The molecule has 0 unspecified atom stereocenters. The van der Waals surface area contributed by atoms with Gasteiger partial charge in [-0.3, -0.25) is 0 Å². The summed E-state index contributed by atoms with van der Waals surface area (Å²) < 4.78 is 0. The van der Waals surface area contributed by atoms with Gasteiger partial charge in [-0.1, -0.05) is 41.5 Å². The molecule has 0 atom stereocenters. The first kappa shape index (κ1) is 28.8. The molecule has 0 aliphatic rings. The fourth-order valence-corrected chi connectivity index (χ4v) is 5.68. The summed E-state index contributed by atoms with van der Waals surface area (Å²) in [5.41, 5.74) is 9.89. The van der Waals surface area contributed by atoms with Gasteiger partial charge in [-0.15, -0.1) is 0 Å². The number of rotatable bonds is 2. The molecule has 0 N–H and O–H groups in total. The minimum absolute atomic E-state index is 0. The summed E-state index contributed by atoms with van der Waals surface area (Å²) in [6, 6.07) is 20.9. The molecule has 0 fully saturated rings. The van der Waals surface area contributed by atoms with E-state index in [0.717, 1.165) is 6.22 Å². The Morgan fingerprint density at radius 3 is 1.37 bits per heavy atom. The summed E-state index contributed by atoms with van der Waals surface area (Å²) >= 11 is 1.41. The van der Waals surface area contributed by atoms with E-state index in [1.165, 1.54) is 68.0 Å². The van der Waals surface area contributed by atoms with E-state index < -0.39 is 0 Å². The van der Waals surface area contributed by atoms with Gasteiger partial charge in [0.1, 0.15) is 0 Å². The van der Waals surface area contributed by atoms with Crippen molar-refractivity contribution >= 4 is 6.22 Å². The SMILES string of the molecule is Cc1cc(C)c(C)[cH-]1.Cc1cc(C)c(C)[cH-]1.[Cl-].[Cl-].[Hf+2]=[SiH]Cc1ccccc1. The van der Waals surface area contributed by atoms with Crippen LogP contribution >= 0.6 is 0 Å². The van der Waals surface area contributed by atoms with Crippen LogP contribution in [0.25, 0.3) is 0 Å². The van der Waals surface area contributed by atoms with E-state index in [4.69, 9.17) is 0 Å². The second kappa shape index (κ2) is 15.5. The molecule has 3 aromatic rings. The zero-order chi connectivity index (χ0) is 18.8. The van der Waals surface area contributed by atoms with Gasteiger partial charge in [0.25, 0.3) is 0 Å². The Morgan fingerprint density at radius 1 is 0.741 bits per heavy atom. The summed E-state index contributed by atoms with van der Waals surface area (Å²) in [7, 11) is 0. The molecule has 0 radical (unpaired) electrons. The molecule has 0 bridgehead atoms. The summed E-state index contributed by atoms with van der Waals surface area (Å²) in [4.78, 5) is 0. The quantitative estimate of drug-likeness (QED) is 0.289. The van der Waals surface area contributed by atoms with Gasteiger partial charge < -0.3 is 24.8 Å². The van der Waals surface area contributed by atoms with Crippen molar-refractivity contribution in [2.75, 3.05) is 0 Å². The monoisotopic (exact) mass is 584 g/mol. The standard InChI is InChI=1S/2C8H11.C7H8Si.2ClH.Hf/c2*1-6-4-7(2)8(3)5-6;8-6-7-4-2-1-3-5-7;;;/h2*4-5H,1-3H3;1-5,8H,6H2;2*1H;/q2*-1;;;;+2/p-2. The van der Waals surface area contributed by atoms with Crippen LogP contribution in [0.15, 0.2) is 54.6 Å². The van der Waals surface area contributed by atoms with E-state index in [9.17, 15) is 0 Å². The van der Waals surface area contributed by atoms with Crippen LogP contribution in [0.5, 0.6) is 0 Å². The summed E-state index contributed by atoms with van der Waals surface area (Å²) in [6.45, 7) is 12.8. The second-order valence-electron chi connectivity index (χ2n) is 6.69. The molecule has 0 amide bonds. The topological polar surface area (TPSA) is 0 Å². The number of hydrogen-bond donors (Lipinski definition) is 0. The molecule has 4 heteroatoms. The zero-order valence-corrected chi connectivity index (χ0v) is 23.5. The van der Waals surface area contributed by atoms with Gasteiger partial charge in [-0.2, -0.15) is 45.5 Å². The van der Waals surface area contributed by atoms with Crippen LogP contribution in [-0.2, 0) is 29.0 Å². The molecule has 3 rings (SSSR count). The first-order chi connectivity index (χ1) is 11.8. The summed E-state index contributed by atoms with van der Waals surface area (Å²) in [6.07, 6.45) is 0.764. The van der Waals surface area contributed by atoms with Crippen molar-refractivity contribution in [1.82, 2.24) is 0 Å². The maximum atomic E-state index is 2.21. The third kappa shape index (κ3) is 11.9. The zero-order valence-electron chi connectivity index (χ0n) is 17.2. The Hall–Kier alpha value is -0.413.